The summed E-state index contributed by atoms with van der Waals surface area (Å²) >= 11 is 5.88. The fraction of sp³-hybridized carbons (Fsp3) is 0.517. The van der Waals surface area contributed by atoms with Gasteiger partial charge in [-0.25, -0.2) is 12.8 Å². The molecule has 5 aliphatic rings. The average Bonchev–Trinajstić information content (AvgIpc) is 3.55. The lowest BCUT2D eigenvalue weighted by Crippen LogP contribution is -2.73. The van der Waals surface area contributed by atoms with E-state index in [0.717, 1.165) is 18.7 Å². The van der Waals surface area contributed by atoms with Crippen LogP contribution in [0, 0.1) is 22.6 Å². The van der Waals surface area contributed by atoms with Crippen molar-refractivity contribution < 1.29 is 17.6 Å². The van der Waals surface area contributed by atoms with E-state index in [0.29, 0.717) is 37.2 Å². The number of hydrogen-bond acceptors (Lipinski definition) is 5. The summed E-state index contributed by atoms with van der Waals surface area (Å²) in [5, 5.41) is 2.88. The van der Waals surface area contributed by atoms with Crippen LogP contribution in [0.3, 0.4) is 0 Å². The van der Waals surface area contributed by atoms with Gasteiger partial charge in [0.25, 0.3) is 0 Å². The van der Waals surface area contributed by atoms with Crippen LogP contribution in [0.5, 0.6) is 0 Å². The van der Waals surface area contributed by atoms with Gasteiger partial charge < -0.3 is 5.32 Å². The van der Waals surface area contributed by atoms with E-state index in [9.17, 15) is 17.6 Å². The molecule has 5 nitrogen and oxygen atoms in total. The Morgan fingerprint density at radius 3 is 2.43 bits per heavy atom. The standard InChI is InChI=1S/C29H32ClFN2O3S/c1-27(2)25(23(34)13-18-8-9-18)32-26(33-27)29-15-28(16-29,17-29)24(14-19-10-11-21(30)22(31)12-19)37(35,36)20-6-4-3-5-7-20/h3-7,10-12,18,24-25H,8-9,13-17H2,1-2H3,(H,32,33)/t24?,25-,28?,29?/m0/s1. The number of sulfone groups is 1. The lowest BCUT2D eigenvalue weighted by Gasteiger charge is -2.72. The van der Waals surface area contributed by atoms with Crippen LogP contribution in [0.1, 0.15) is 57.9 Å². The van der Waals surface area contributed by atoms with Gasteiger partial charge in [-0.3, -0.25) is 9.79 Å². The number of rotatable bonds is 9. The number of carbonyl (C=O) groups is 1. The lowest BCUT2D eigenvalue weighted by molar-refractivity contribution is -0.156. The number of benzene rings is 2. The molecule has 0 spiro atoms. The second-order valence-electron chi connectivity index (χ2n) is 12.3. The van der Waals surface area contributed by atoms with E-state index < -0.39 is 37.9 Å². The number of hydrogen-bond donors (Lipinski definition) is 1. The minimum atomic E-state index is -3.68. The molecule has 2 aromatic rings. The Labute approximate surface area is 222 Å². The fourth-order valence-corrected chi connectivity index (χ4v) is 9.23. The topological polar surface area (TPSA) is 75.6 Å². The van der Waals surface area contributed by atoms with E-state index in [1.165, 1.54) is 12.1 Å². The number of ketones is 1. The van der Waals surface area contributed by atoms with Crippen molar-refractivity contribution >= 4 is 33.1 Å². The predicted molar refractivity (Wildman–Crippen MR) is 142 cm³/mol. The van der Waals surface area contributed by atoms with E-state index in [1.807, 2.05) is 13.8 Å². The van der Waals surface area contributed by atoms with E-state index >= 15 is 0 Å². The zero-order valence-corrected chi connectivity index (χ0v) is 22.7. The first-order valence-electron chi connectivity index (χ1n) is 13.1. The van der Waals surface area contributed by atoms with Crippen LogP contribution >= 0.6 is 11.6 Å². The second-order valence-corrected chi connectivity index (χ2v) is 14.9. The smallest absolute Gasteiger partial charge is 0.182 e. The molecule has 37 heavy (non-hydrogen) atoms. The minimum absolute atomic E-state index is 0.0226. The molecule has 2 aromatic carbocycles. The number of nitrogens with zero attached hydrogens (tertiary/aromatic N) is 1. The molecule has 2 bridgehead atoms. The van der Waals surface area contributed by atoms with Gasteiger partial charge in [0.1, 0.15) is 17.7 Å². The van der Waals surface area contributed by atoms with Crippen molar-refractivity contribution in [1.82, 2.24) is 5.32 Å². The molecule has 1 unspecified atom stereocenters. The van der Waals surface area contributed by atoms with E-state index in [-0.39, 0.29) is 27.5 Å². The van der Waals surface area contributed by atoms with Crippen LogP contribution < -0.4 is 5.32 Å². The molecule has 0 aromatic heterocycles. The molecule has 1 aliphatic heterocycles. The van der Waals surface area contributed by atoms with Crippen molar-refractivity contribution in [2.24, 2.45) is 21.7 Å². The Kier molecular flexibility index (Phi) is 5.67. The Hall–Kier alpha value is -2.25. The predicted octanol–water partition coefficient (Wildman–Crippen LogP) is 5.55. The Balaban J connectivity index is 1.27. The first-order chi connectivity index (χ1) is 17.4. The van der Waals surface area contributed by atoms with Gasteiger partial charge >= 0.3 is 0 Å². The van der Waals surface area contributed by atoms with E-state index in [2.05, 4.69) is 5.32 Å². The van der Waals surface area contributed by atoms with Gasteiger partial charge in [-0.2, -0.15) is 0 Å². The SMILES string of the molecule is CC1(C)NC(C23CC(C(Cc4ccc(Cl)c(F)c4)S(=O)(=O)c4ccccc4)(C2)C3)=N[C@H]1C(=O)CC1CC1. The highest BCUT2D eigenvalue weighted by molar-refractivity contribution is 7.92. The van der Waals surface area contributed by atoms with Crippen molar-refractivity contribution in [2.75, 3.05) is 0 Å². The molecule has 7 rings (SSSR count). The highest BCUT2D eigenvalue weighted by Crippen LogP contribution is 2.76. The van der Waals surface area contributed by atoms with Crippen LogP contribution in [-0.4, -0.2) is 36.9 Å². The fourth-order valence-electron chi connectivity index (χ4n) is 6.93. The number of aliphatic imine (C=N–C) groups is 1. The number of Topliss-reactive ketones (excluding diaryl/α,β-unsaturated/α-hetero) is 1. The summed E-state index contributed by atoms with van der Waals surface area (Å²) in [6.07, 6.45) is 5.15. The van der Waals surface area contributed by atoms with Crippen LogP contribution in [0.15, 0.2) is 58.4 Å². The van der Waals surface area contributed by atoms with Gasteiger partial charge in [-0.15, -0.1) is 0 Å². The maximum Gasteiger partial charge on any atom is 0.182 e. The third kappa shape index (κ3) is 4.13. The molecule has 2 atom stereocenters. The number of amidine groups is 1. The highest BCUT2D eigenvalue weighted by Gasteiger charge is 2.75. The molecule has 4 fully saturated rings. The molecule has 1 N–H and O–H groups in total. The monoisotopic (exact) mass is 542 g/mol. The van der Waals surface area contributed by atoms with Crippen LogP contribution in [0.4, 0.5) is 4.39 Å². The van der Waals surface area contributed by atoms with Crippen LogP contribution in [0.2, 0.25) is 5.02 Å². The van der Waals surface area contributed by atoms with E-state index in [4.69, 9.17) is 16.6 Å². The molecule has 4 aliphatic carbocycles. The van der Waals surface area contributed by atoms with Crippen molar-refractivity contribution in [3.63, 3.8) is 0 Å². The molecule has 196 valence electrons. The highest BCUT2D eigenvalue weighted by atomic mass is 35.5. The summed E-state index contributed by atoms with van der Waals surface area (Å²) in [5.41, 5.74) is -0.440. The average molecular weight is 543 g/mol. The van der Waals surface area contributed by atoms with Gasteiger partial charge in [0.05, 0.1) is 20.7 Å². The molecular formula is C29H32ClFN2O3S. The molecule has 4 saturated carbocycles. The zero-order chi connectivity index (χ0) is 26.2. The minimum Gasteiger partial charge on any atom is -0.366 e. The van der Waals surface area contributed by atoms with Gasteiger partial charge in [0.15, 0.2) is 15.6 Å². The normalized spacial score (nSPS) is 30.5. The van der Waals surface area contributed by atoms with Gasteiger partial charge in [-0.05, 0) is 93.5 Å². The van der Waals surface area contributed by atoms with E-state index in [1.54, 1.807) is 36.4 Å². The summed E-state index contributed by atoms with van der Waals surface area (Å²) in [4.78, 5) is 18.2. The summed E-state index contributed by atoms with van der Waals surface area (Å²) in [7, 11) is -3.68. The Bertz CT molecular complexity index is 1380. The first-order valence-corrected chi connectivity index (χ1v) is 15.0. The molecule has 8 heteroatoms. The van der Waals surface area contributed by atoms with Crippen molar-refractivity contribution in [2.45, 2.75) is 80.5 Å². The Morgan fingerprint density at radius 1 is 1.14 bits per heavy atom. The summed E-state index contributed by atoms with van der Waals surface area (Å²) < 4.78 is 42.1. The van der Waals surface area contributed by atoms with Crippen molar-refractivity contribution in [3.8, 4) is 0 Å². The Morgan fingerprint density at radius 2 is 1.81 bits per heavy atom. The lowest BCUT2D eigenvalue weighted by atomic mass is 9.33. The van der Waals surface area contributed by atoms with Gasteiger partial charge in [0.2, 0.25) is 0 Å². The first kappa shape index (κ1) is 25.1. The molecular weight excluding hydrogens is 511 g/mol. The third-order valence-corrected chi connectivity index (χ3v) is 11.6. The molecule has 1 heterocycles. The van der Waals surface area contributed by atoms with Crippen LogP contribution in [-0.2, 0) is 21.1 Å². The largest absolute Gasteiger partial charge is 0.366 e. The maximum atomic E-state index is 14.2. The summed E-state index contributed by atoms with van der Waals surface area (Å²) in [6, 6.07) is 12.7. The molecule has 0 radical (unpaired) electrons. The maximum absolute atomic E-state index is 14.2. The van der Waals surface area contributed by atoms with Crippen molar-refractivity contribution in [3.05, 3.63) is 64.9 Å². The second kappa shape index (κ2) is 8.37. The number of carbonyl (C=O) groups excluding carboxylic acids is 1. The van der Waals surface area contributed by atoms with Crippen LogP contribution in [0.25, 0.3) is 0 Å². The molecule has 0 saturated heterocycles. The van der Waals surface area contributed by atoms with Gasteiger partial charge in [0, 0.05) is 11.8 Å². The quantitative estimate of drug-likeness (QED) is 0.450. The summed E-state index contributed by atoms with van der Waals surface area (Å²) in [6.45, 7) is 4.05. The third-order valence-electron chi connectivity index (χ3n) is 8.98. The summed E-state index contributed by atoms with van der Waals surface area (Å²) in [5.74, 6) is 1.03. The molecule has 0 amide bonds. The van der Waals surface area contributed by atoms with Crippen molar-refractivity contribution in [1.29, 1.82) is 0 Å². The van der Waals surface area contributed by atoms with Gasteiger partial charge in [-0.1, -0.05) is 35.9 Å². The number of nitrogens with one attached hydrogen (secondary N) is 1. The number of halogens is 2. The zero-order valence-electron chi connectivity index (χ0n) is 21.1.